The maximum absolute atomic E-state index is 11.8. The van der Waals surface area contributed by atoms with Crippen molar-refractivity contribution in [2.45, 2.75) is 32.4 Å². The molecule has 0 saturated carbocycles. The molecule has 0 spiro atoms. The number of ether oxygens (including phenoxy) is 1. The van der Waals surface area contributed by atoms with Crippen LogP contribution in [0.4, 0.5) is 0 Å². The lowest BCUT2D eigenvalue weighted by Gasteiger charge is -2.16. The molecule has 3 nitrogen and oxygen atoms in total. The van der Waals surface area contributed by atoms with E-state index in [2.05, 4.69) is 17.6 Å². The zero-order chi connectivity index (χ0) is 13.9. The first-order valence-corrected chi connectivity index (χ1v) is 6.56. The minimum Gasteiger partial charge on any atom is -0.465 e. The molecule has 0 heterocycles. The smallest absolute Gasteiger partial charge is 0.323 e. The summed E-state index contributed by atoms with van der Waals surface area (Å²) in [6.07, 6.45) is 3.28. The number of hydrogen-bond donors (Lipinski definition) is 1. The summed E-state index contributed by atoms with van der Waals surface area (Å²) in [7, 11) is 0. The summed E-state index contributed by atoms with van der Waals surface area (Å²) in [5, 5.41) is 3.24. The second kappa shape index (κ2) is 9.15. The van der Waals surface area contributed by atoms with E-state index in [0.29, 0.717) is 19.6 Å². The van der Waals surface area contributed by atoms with Gasteiger partial charge in [0.05, 0.1) is 6.61 Å². The fraction of sp³-hybridized carbons (Fsp3) is 0.375. The van der Waals surface area contributed by atoms with Gasteiger partial charge in [0.15, 0.2) is 0 Å². The van der Waals surface area contributed by atoms with E-state index in [0.717, 1.165) is 12.0 Å². The summed E-state index contributed by atoms with van der Waals surface area (Å²) in [6.45, 7) is 6.39. The molecule has 1 atom stereocenters. The number of allylic oxidation sites excluding steroid dienone is 1. The molecule has 0 aromatic heterocycles. The van der Waals surface area contributed by atoms with Crippen molar-refractivity contribution < 1.29 is 9.53 Å². The summed E-state index contributed by atoms with van der Waals surface area (Å²) in [4.78, 5) is 11.8. The lowest BCUT2D eigenvalue weighted by Crippen LogP contribution is -2.37. The van der Waals surface area contributed by atoms with Crippen molar-refractivity contribution in [3.8, 4) is 0 Å². The van der Waals surface area contributed by atoms with Crippen LogP contribution in [0.5, 0.6) is 0 Å². The molecule has 3 heteroatoms. The van der Waals surface area contributed by atoms with Crippen LogP contribution in [0.15, 0.2) is 48.7 Å². The Labute approximate surface area is 115 Å². The van der Waals surface area contributed by atoms with Crippen molar-refractivity contribution in [2.24, 2.45) is 0 Å². The van der Waals surface area contributed by atoms with Gasteiger partial charge in [-0.3, -0.25) is 4.79 Å². The highest BCUT2D eigenvalue weighted by molar-refractivity contribution is 5.75. The molecule has 1 aromatic carbocycles. The molecule has 19 heavy (non-hydrogen) atoms. The molecule has 1 N–H and O–H groups in total. The first-order valence-electron chi connectivity index (χ1n) is 6.56. The first kappa shape index (κ1) is 15.2. The number of carbonyl (C=O) groups is 1. The van der Waals surface area contributed by atoms with Crippen LogP contribution in [0.2, 0.25) is 0 Å². The Morgan fingerprint density at radius 2 is 2.21 bits per heavy atom. The van der Waals surface area contributed by atoms with E-state index in [1.807, 2.05) is 43.3 Å². The summed E-state index contributed by atoms with van der Waals surface area (Å²) in [5.41, 5.74) is 3.86. The number of benzene rings is 1. The monoisotopic (exact) mass is 259 g/mol. The van der Waals surface area contributed by atoms with Crippen LogP contribution in [0, 0.1) is 0 Å². The lowest BCUT2D eigenvalue weighted by molar-refractivity contribution is -0.145. The molecule has 0 aliphatic heterocycles. The maximum atomic E-state index is 11.8. The Bertz CT molecular complexity index is 422. The van der Waals surface area contributed by atoms with E-state index in [1.165, 1.54) is 0 Å². The minimum absolute atomic E-state index is 0.198. The van der Waals surface area contributed by atoms with Crippen molar-refractivity contribution in [1.29, 1.82) is 0 Å². The van der Waals surface area contributed by atoms with Crippen LogP contribution < -0.4 is 5.32 Å². The molecule has 0 radical (unpaired) electrons. The van der Waals surface area contributed by atoms with Crippen LogP contribution in [0.3, 0.4) is 0 Å². The number of hydrogen-bond acceptors (Lipinski definition) is 3. The molecule has 1 rings (SSSR count). The summed E-state index contributed by atoms with van der Waals surface area (Å²) in [5.74, 6) is -0.198. The molecule has 0 aliphatic rings. The van der Waals surface area contributed by atoms with Gasteiger partial charge in [-0.05, 0) is 31.4 Å². The quantitative estimate of drug-likeness (QED) is 0.576. The molecule has 1 aromatic rings. The average Bonchev–Trinajstić information content (AvgIpc) is 2.44. The first-order chi connectivity index (χ1) is 9.27. The number of rotatable bonds is 8. The Hall–Kier alpha value is -1.83. The zero-order valence-electron chi connectivity index (χ0n) is 11.4. The predicted molar refractivity (Wildman–Crippen MR) is 76.6 cm³/mol. The van der Waals surface area contributed by atoms with Gasteiger partial charge in [0.2, 0.25) is 0 Å². The van der Waals surface area contributed by atoms with E-state index in [1.54, 1.807) is 0 Å². The highest BCUT2D eigenvalue weighted by Crippen LogP contribution is 2.04. The molecule has 0 amide bonds. The Morgan fingerprint density at radius 3 is 2.84 bits per heavy atom. The Kier molecular flexibility index (Phi) is 7.33. The minimum atomic E-state index is -0.287. The standard InChI is InChI=1S/C16H21NO2/c1-3-5-7-12-15(16(18)19-4-2)17-13-14-10-8-6-9-11-14/h5-6,8-11,15,17H,1,4,7,12-13H2,2H3. The van der Waals surface area contributed by atoms with Crippen LogP contribution in [0.25, 0.3) is 0 Å². The van der Waals surface area contributed by atoms with Gasteiger partial charge in [-0.15, -0.1) is 5.73 Å². The molecule has 0 fully saturated rings. The van der Waals surface area contributed by atoms with Gasteiger partial charge in [-0.2, -0.15) is 0 Å². The number of esters is 1. The van der Waals surface area contributed by atoms with E-state index in [9.17, 15) is 4.79 Å². The fourth-order valence-electron chi connectivity index (χ4n) is 1.74. The SMILES string of the molecule is C=C=CCCC(NCc1ccccc1)C(=O)OCC. The fourth-order valence-corrected chi connectivity index (χ4v) is 1.74. The molecule has 0 saturated heterocycles. The topological polar surface area (TPSA) is 38.3 Å². The normalized spacial score (nSPS) is 11.4. The second-order valence-corrected chi connectivity index (χ2v) is 4.16. The summed E-state index contributed by atoms with van der Waals surface area (Å²) < 4.78 is 5.07. The maximum Gasteiger partial charge on any atom is 0.323 e. The van der Waals surface area contributed by atoms with Crippen molar-refractivity contribution in [3.05, 3.63) is 54.3 Å². The van der Waals surface area contributed by atoms with E-state index in [4.69, 9.17) is 4.74 Å². The van der Waals surface area contributed by atoms with Crippen molar-refractivity contribution in [3.63, 3.8) is 0 Å². The largest absolute Gasteiger partial charge is 0.465 e. The van der Waals surface area contributed by atoms with Crippen molar-refractivity contribution in [2.75, 3.05) is 6.61 Å². The average molecular weight is 259 g/mol. The molecular weight excluding hydrogens is 238 g/mol. The molecule has 0 bridgehead atoms. The Balaban J connectivity index is 2.52. The highest BCUT2D eigenvalue weighted by Gasteiger charge is 2.18. The van der Waals surface area contributed by atoms with Crippen LogP contribution >= 0.6 is 0 Å². The third-order valence-corrected chi connectivity index (χ3v) is 2.71. The summed E-state index contributed by atoms with van der Waals surface area (Å²) >= 11 is 0. The number of carbonyl (C=O) groups excluding carboxylic acids is 1. The second-order valence-electron chi connectivity index (χ2n) is 4.16. The molecular formula is C16H21NO2. The zero-order valence-corrected chi connectivity index (χ0v) is 11.4. The number of nitrogens with one attached hydrogen (secondary N) is 1. The molecule has 1 unspecified atom stereocenters. The lowest BCUT2D eigenvalue weighted by atomic mass is 10.1. The Morgan fingerprint density at radius 1 is 1.47 bits per heavy atom. The van der Waals surface area contributed by atoms with E-state index < -0.39 is 0 Å². The van der Waals surface area contributed by atoms with Crippen LogP contribution in [-0.4, -0.2) is 18.6 Å². The van der Waals surface area contributed by atoms with Crippen LogP contribution in [-0.2, 0) is 16.1 Å². The van der Waals surface area contributed by atoms with Crippen molar-refractivity contribution >= 4 is 5.97 Å². The third-order valence-electron chi connectivity index (χ3n) is 2.71. The van der Waals surface area contributed by atoms with Gasteiger partial charge in [0, 0.05) is 6.54 Å². The van der Waals surface area contributed by atoms with Gasteiger partial charge in [-0.1, -0.05) is 36.9 Å². The van der Waals surface area contributed by atoms with Gasteiger partial charge in [0.25, 0.3) is 0 Å². The predicted octanol–water partition coefficient (Wildman–Crippen LogP) is 2.83. The van der Waals surface area contributed by atoms with E-state index >= 15 is 0 Å². The summed E-state index contributed by atoms with van der Waals surface area (Å²) in [6, 6.07) is 9.71. The van der Waals surface area contributed by atoms with Gasteiger partial charge in [0.1, 0.15) is 6.04 Å². The van der Waals surface area contributed by atoms with Crippen molar-refractivity contribution in [1.82, 2.24) is 5.32 Å². The third kappa shape index (κ3) is 6.05. The van der Waals surface area contributed by atoms with Crippen LogP contribution in [0.1, 0.15) is 25.3 Å². The van der Waals surface area contributed by atoms with Gasteiger partial charge in [-0.25, -0.2) is 0 Å². The highest BCUT2D eigenvalue weighted by atomic mass is 16.5. The molecule has 102 valence electrons. The van der Waals surface area contributed by atoms with Gasteiger partial charge < -0.3 is 10.1 Å². The van der Waals surface area contributed by atoms with Gasteiger partial charge >= 0.3 is 5.97 Å². The molecule has 0 aliphatic carbocycles. The van der Waals surface area contributed by atoms with E-state index in [-0.39, 0.29) is 12.0 Å².